The van der Waals surface area contributed by atoms with Crippen LogP contribution in [0.4, 0.5) is 4.79 Å². The van der Waals surface area contributed by atoms with Crippen molar-refractivity contribution < 1.29 is 4.79 Å². The normalized spacial score (nSPS) is 33.6. The van der Waals surface area contributed by atoms with E-state index in [9.17, 15) is 4.79 Å². The molecule has 0 saturated carbocycles. The molecule has 3 aliphatic rings. The molecule has 2 atom stereocenters. The Morgan fingerprint density at radius 1 is 1.11 bits per heavy atom. The number of hydrogen-bond donors (Lipinski definition) is 1. The largest absolute Gasteiger partial charge is 0.325 e. The summed E-state index contributed by atoms with van der Waals surface area (Å²) in [5.41, 5.74) is 0. The molecule has 0 aliphatic carbocycles. The molecule has 1 N–H and O–H groups in total. The molecule has 0 aromatic heterocycles. The molecule has 0 aromatic rings. The van der Waals surface area contributed by atoms with Gasteiger partial charge in [-0.1, -0.05) is 6.92 Å². The van der Waals surface area contributed by atoms with Gasteiger partial charge in [-0.15, -0.1) is 0 Å². The quantitative estimate of drug-likeness (QED) is 0.708. The third-order valence-electron chi connectivity index (χ3n) is 4.92. The highest BCUT2D eigenvalue weighted by Gasteiger charge is 2.38. The van der Waals surface area contributed by atoms with Crippen LogP contribution in [0.1, 0.15) is 32.6 Å². The van der Waals surface area contributed by atoms with E-state index in [2.05, 4.69) is 22.0 Å². The molecule has 18 heavy (non-hydrogen) atoms. The van der Waals surface area contributed by atoms with Gasteiger partial charge in [0.2, 0.25) is 0 Å². The molecule has 0 bridgehead atoms. The SMILES string of the molecule is CC1CCN(C(=O)N2C[C@@H]3CCCN[C@@H]3C2)CC1. The molecule has 3 heterocycles. The first-order valence-corrected chi connectivity index (χ1v) is 7.51. The van der Waals surface area contributed by atoms with Gasteiger partial charge < -0.3 is 15.1 Å². The van der Waals surface area contributed by atoms with Crippen LogP contribution in [0.15, 0.2) is 0 Å². The van der Waals surface area contributed by atoms with Gasteiger partial charge in [0.25, 0.3) is 0 Å². The van der Waals surface area contributed by atoms with E-state index in [-0.39, 0.29) is 6.03 Å². The van der Waals surface area contributed by atoms with Crippen molar-refractivity contribution in [2.24, 2.45) is 11.8 Å². The number of urea groups is 1. The zero-order valence-corrected chi connectivity index (χ0v) is 11.4. The Labute approximate surface area is 110 Å². The third-order valence-corrected chi connectivity index (χ3v) is 4.92. The molecule has 102 valence electrons. The van der Waals surface area contributed by atoms with Crippen molar-refractivity contribution in [3.63, 3.8) is 0 Å². The number of amides is 2. The van der Waals surface area contributed by atoms with Crippen molar-refractivity contribution >= 4 is 6.03 Å². The van der Waals surface area contributed by atoms with E-state index < -0.39 is 0 Å². The summed E-state index contributed by atoms with van der Waals surface area (Å²) >= 11 is 0. The van der Waals surface area contributed by atoms with E-state index in [1.165, 1.54) is 25.7 Å². The average Bonchev–Trinajstić information content (AvgIpc) is 2.82. The number of nitrogens with zero attached hydrogens (tertiary/aromatic N) is 2. The van der Waals surface area contributed by atoms with Crippen molar-refractivity contribution in [1.82, 2.24) is 15.1 Å². The van der Waals surface area contributed by atoms with Gasteiger partial charge in [-0.3, -0.25) is 0 Å². The monoisotopic (exact) mass is 251 g/mol. The lowest BCUT2D eigenvalue weighted by Gasteiger charge is -2.33. The second kappa shape index (κ2) is 5.08. The third kappa shape index (κ3) is 2.35. The summed E-state index contributed by atoms with van der Waals surface area (Å²) in [4.78, 5) is 16.6. The van der Waals surface area contributed by atoms with Crippen LogP contribution in [0, 0.1) is 11.8 Å². The second-order valence-electron chi connectivity index (χ2n) is 6.32. The highest BCUT2D eigenvalue weighted by molar-refractivity contribution is 5.75. The van der Waals surface area contributed by atoms with Crippen molar-refractivity contribution in [3.05, 3.63) is 0 Å². The molecule has 0 unspecified atom stereocenters. The molecule has 4 nitrogen and oxygen atoms in total. The topological polar surface area (TPSA) is 35.6 Å². The van der Waals surface area contributed by atoms with Crippen LogP contribution < -0.4 is 5.32 Å². The Balaban J connectivity index is 1.57. The Morgan fingerprint density at radius 2 is 1.89 bits per heavy atom. The Morgan fingerprint density at radius 3 is 2.61 bits per heavy atom. The summed E-state index contributed by atoms with van der Waals surface area (Å²) in [6.45, 7) is 7.23. The van der Waals surface area contributed by atoms with E-state index in [0.717, 1.165) is 38.6 Å². The Kier molecular flexibility index (Phi) is 3.46. The lowest BCUT2D eigenvalue weighted by molar-refractivity contribution is 0.141. The zero-order valence-electron chi connectivity index (χ0n) is 11.4. The van der Waals surface area contributed by atoms with E-state index in [1.54, 1.807) is 0 Å². The maximum absolute atomic E-state index is 12.5. The molecule has 3 aliphatic heterocycles. The number of likely N-dealkylation sites (tertiary alicyclic amines) is 2. The van der Waals surface area contributed by atoms with E-state index in [1.807, 2.05) is 0 Å². The van der Waals surface area contributed by atoms with Crippen LogP contribution in [-0.2, 0) is 0 Å². The zero-order chi connectivity index (χ0) is 12.5. The fourth-order valence-corrected chi connectivity index (χ4v) is 3.60. The molecule has 3 fully saturated rings. The second-order valence-corrected chi connectivity index (χ2v) is 6.32. The molecule has 3 rings (SSSR count). The first-order valence-electron chi connectivity index (χ1n) is 7.51. The minimum atomic E-state index is 0.290. The maximum Gasteiger partial charge on any atom is 0.320 e. The number of rotatable bonds is 0. The first kappa shape index (κ1) is 12.3. The summed E-state index contributed by atoms with van der Waals surface area (Å²) in [6.07, 6.45) is 4.90. The van der Waals surface area contributed by atoms with Gasteiger partial charge in [0.05, 0.1) is 0 Å². The smallest absolute Gasteiger partial charge is 0.320 e. The molecule has 0 aromatic carbocycles. The molecule has 2 amide bonds. The molecular weight excluding hydrogens is 226 g/mol. The van der Waals surface area contributed by atoms with Crippen LogP contribution in [0.2, 0.25) is 0 Å². The number of piperidine rings is 2. The first-order chi connectivity index (χ1) is 8.74. The minimum absolute atomic E-state index is 0.290. The van der Waals surface area contributed by atoms with Crippen LogP contribution in [-0.4, -0.2) is 54.6 Å². The fraction of sp³-hybridized carbons (Fsp3) is 0.929. The molecule has 0 radical (unpaired) electrons. The van der Waals surface area contributed by atoms with Gasteiger partial charge in [0, 0.05) is 32.2 Å². The van der Waals surface area contributed by atoms with Gasteiger partial charge in [-0.2, -0.15) is 0 Å². The van der Waals surface area contributed by atoms with Crippen molar-refractivity contribution in [3.8, 4) is 0 Å². The molecule has 0 spiro atoms. The van der Waals surface area contributed by atoms with Crippen molar-refractivity contribution in [2.45, 2.75) is 38.6 Å². The lowest BCUT2D eigenvalue weighted by atomic mass is 9.94. The predicted molar refractivity (Wildman–Crippen MR) is 71.5 cm³/mol. The molecular formula is C14H25N3O. The van der Waals surface area contributed by atoms with Crippen LogP contribution >= 0.6 is 0 Å². The van der Waals surface area contributed by atoms with E-state index >= 15 is 0 Å². The minimum Gasteiger partial charge on any atom is -0.325 e. The van der Waals surface area contributed by atoms with Gasteiger partial charge in [0.1, 0.15) is 0 Å². The van der Waals surface area contributed by atoms with Crippen molar-refractivity contribution in [2.75, 3.05) is 32.7 Å². The standard InChI is InChI=1S/C14H25N3O/c1-11-4-7-16(8-5-11)14(18)17-9-12-3-2-6-15-13(12)10-17/h11-13,15H,2-10H2,1H3/t12-,13+/m0/s1. The fourth-order valence-electron chi connectivity index (χ4n) is 3.60. The van der Waals surface area contributed by atoms with Gasteiger partial charge in [-0.05, 0) is 44.1 Å². The van der Waals surface area contributed by atoms with Gasteiger partial charge in [-0.25, -0.2) is 4.79 Å². The van der Waals surface area contributed by atoms with Crippen LogP contribution in [0.3, 0.4) is 0 Å². The lowest BCUT2D eigenvalue weighted by Crippen LogP contribution is -2.46. The Bertz CT molecular complexity index is 298. The predicted octanol–water partition coefficient (Wildman–Crippen LogP) is 1.52. The average molecular weight is 251 g/mol. The van der Waals surface area contributed by atoms with Crippen LogP contribution in [0.25, 0.3) is 0 Å². The summed E-state index contributed by atoms with van der Waals surface area (Å²) in [6, 6.07) is 0.851. The maximum atomic E-state index is 12.5. The number of carbonyl (C=O) groups is 1. The van der Waals surface area contributed by atoms with Gasteiger partial charge in [0.15, 0.2) is 0 Å². The number of carbonyl (C=O) groups excluding carboxylic acids is 1. The molecule has 4 heteroatoms. The summed E-state index contributed by atoms with van der Waals surface area (Å²) in [5.74, 6) is 1.49. The number of nitrogens with one attached hydrogen (secondary N) is 1. The summed E-state index contributed by atoms with van der Waals surface area (Å²) in [7, 11) is 0. The molecule has 3 saturated heterocycles. The van der Waals surface area contributed by atoms with Crippen molar-refractivity contribution in [1.29, 1.82) is 0 Å². The van der Waals surface area contributed by atoms with E-state index in [0.29, 0.717) is 12.0 Å². The highest BCUT2D eigenvalue weighted by Crippen LogP contribution is 2.26. The number of hydrogen-bond acceptors (Lipinski definition) is 2. The van der Waals surface area contributed by atoms with Gasteiger partial charge >= 0.3 is 6.03 Å². The highest BCUT2D eigenvalue weighted by atomic mass is 16.2. The van der Waals surface area contributed by atoms with E-state index in [4.69, 9.17) is 0 Å². The van der Waals surface area contributed by atoms with Crippen LogP contribution in [0.5, 0.6) is 0 Å². The summed E-state index contributed by atoms with van der Waals surface area (Å²) in [5, 5.41) is 3.56. The Hall–Kier alpha value is -0.770. The summed E-state index contributed by atoms with van der Waals surface area (Å²) < 4.78 is 0. The number of fused-ring (bicyclic) bond motifs is 1.